The summed E-state index contributed by atoms with van der Waals surface area (Å²) in [5, 5.41) is 9.52. The lowest BCUT2D eigenvalue weighted by molar-refractivity contribution is -0.168. The van der Waals surface area contributed by atoms with Crippen LogP contribution in [0.3, 0.4) is 0 Å². The number of benzene rings is 1. The molecule has 1 aromatic carbocycles. The number of hydrogen-bond donors (Lipinski definition) is 1. The van der Waals surface area contributed by atoms with Gasteiger partial charge in [-0.05, 0) is 50.0 Å². The van der Waals surface area contributed by atoms with Crippen LogP contribution in [0.15, 0.2) is 24.3 Å². The normalized spacial score (nSPS) is 22.6. The second-order valence-electron chi connectivity index (χ2n) is 7.10. The topological polar surface area (TPSA) is 53.0 Å². The van der Waals surface area contributed by atoms with E-state index in [1.807, 2.05) is 4.90 Å². The van der Waals surface area contributed by atoms with Gasteiger partial charge in [0.2, 0.25) is 0 Å². The maximum atomic E-state index is 12.4. The van der Waals surface area contributed by atoms with Crippen molar-refractivity contribution in [3.05, 3.63) is 29.8 Å². The molecule has 1 spiro atoms. The van der Waals surface area contributed by atoms with Gasteiger partial charge in [0.15, 0.2) is 0 Å². The van der Waals surface area contributed by atoms with E-state index in [9.17, 15) is 9.90 Å². The molecule has 24 heavy (non-hydrogen) atoms. The van der Waals surface area contributed by atoms with Crippen molar-refractivity contribution in [3.63, 3.8) is 0 Å². The van der Waals surface area contributed by atoms with Gasteiger partial charge in [-0.1, -0.05) is 19.9 Å². The summed E-state index contributed by atoms with van der Waals surface area (Å²) in [5.74, 6) is 0.709. The number of amides is 1. The van der Waals surface area contributed by atoms with Crippen LogP contribution in [0.2, 0.25) is 0 Å². The Morgan fingerprint density at radius 3 is 2.71 bits per heavy atom. The summed E-state index contributed by atoms with van der Waals surface area (Å²) in [6.45, 7) is 9.81. The largest absolute Gasteiger partial charge is 0.508 e. The van der Waals surface area contributed by atoms with E-state index in [1.165, 1.54) is 12.5 Å². The van der Waals surface area contributed by atoms with Crippen molar-refractivity contribution < 1.29 is 14.6 Å². The van der Waals surface area contributed by atoms with E-state index >= 15 is 0 Å². The van der Waals surface area contributed by atoms with Crippen molar-refractivity contribution >= 4 is 5.91 Å². The monoisotopic (exact) mass is 332 g/mol. The SMILES string of the molecule is CCN(CC)C[C@@H]1CCC2(CN(C(=O)c3cccc(O)c3)C2)OC1. The van der Waals surface area contributed by atoms with E-state index in [-0.39, 0.29) is 17.3 Å². The Bertz CT molecular complexity index is 570. The molecule has 1 aromatic rings. The summed E-state index contributed by atoms with van der Waals surface area (Å²) in [5.41, 5.74) is 0.409. The lowest BCUT2D eigenvalue weighted by Gasteiger charge is -2.53. The highest BCUT2D eigenvalue weighted by Gasteiger charge is 2.48. The number of hydrogen-bond acceptors (Lipinski definition) is 4. The summed E-state index contributed by atoms with van der Waals surface area (Å²) in [6.07, 6.45) is 2.20. The quantitative estimate of drug-likeness (QED) is 0.899. The Morgan fingerprint density at radius 1 is 1.38 bits per heavy atom. The molecule has 0 aromatic heterocycles. The molecule has 2 saturated heterocycles. The fourth-order valence-electron chi connectivity index (χ4n) is 3.77. The molecule has 2 fully saturated rings. The van der Waals surface area contributed by atoms with Gasteiger partial charge in [0.1, 0.15) is 11.4 Å². The summed E-state index contributed by atoms with van der Waals surface area (Å²) >= 11 is 0. The molecule has 5 nitrogen and oxygen atoms in total. The third kappa shape index (κ3) is 3.57. The number of phenols is 1. The Kier molecular flexibility index (Phi) is 5.11. The minimum atomic E-state index is -0.133. The molecule has 2 heterocycles. The molecular formula is C19H28N2O3. The predicted molar refractivity (Wildman–Crippen MR) is 93.2 cm³/mol. The fraction of sp³-hybridized carbons (Fsp3) is 0.632. The molecular weight excluding hydrogens is 304 g/mol. The predicted octanol–water partition coefficient (Wildman–Crippen LogP) is 2.36. The van der Waals surface area contributed by atoms with Crippen LogP contribution >= 0.6 is 0 Å². The molecule has 1 atom stereocenters. The minimum absolute atomic E-state index is 0.0228. The smallest absolute Gasteiger partial charge is 0.254 e. The zero-order valence-corrected chi connectivity index (χ0v) is 14.7. The first-order chi connectivity index (χ1) is 11.5. The van der Waals surface area contributed by atoms with Crippen molar-refractivity contribution in [3.8, 4) is 5.75 Å². The Labute approximate surface area is 144 Å². The van der Waals surface area contributed by atoms with Crippen molar-refractivity contribution in [2.75, 3.05) is 39.3 Å². The van der Waals surface area contributed by atoms with E-state index in [0.29, 0.717) is 24.6 Å². The molecule has 2 aliphatic heterocycles. The van der Waals surface area contributed by atoms with Gasteiger partial charge >= 0.3 is 0 Å². The van der Waals surface area contributed by atoms with Gasteiger partial charge in [0, 0.05) is 12.1 Å². The van der Waals surface area contributed by atoms with Crippen LogP contribution in [0.1, 0.15) is 37.0 Å². The lowest BCUT2D eigenvalue weighted by Crippen LogP contribution is -2.66. The van der Waals surface area contributed by atoms with Crippen molar-refractivity contribution in [1.82, 2.24) is 9.80 Å². The zero-order chi connectivity index (χ0) is 17.2. The standard InChI is InChI=1S/C19H28N2O3/c1-3-20(4-2)11-15-8-9-19(24-12-15)13-21(14-19)18(23)16-6-5-7-17(22)10-16/h5-7,10,15,22H,3-4,8-9,11-14H2,1-2H3/t15-/m0/s1. The lowest BCUT2D eigenvalue weighted by atomic mass is 9.82. The summed E-state index contributed by atoms with van der Waals surface area (Å²) in [4.78, 5) is 16.7. The molecule has 0 bridgehead atoms. The maximum absolute atomic E-state index is 12.4. The van der Waals surface area contributed by atoms with E-state index in [4.69, 9.17) is 4.74 Å². The molecule has 1 amide bonds. The number of aromatic hydroxyl groups is 1. The first kappa shape index (κ1) is 17.2. The molecule has 0 radical (unpaired) electrons. The summed E-state index contributed by atoms with van der Waals surface area (Å²) < 4.78 is 6.17. The Balaban J connectivity index is 1.49. The van der Waals surface area contributed by atoms with Gasteiger partial charge in [-0.25, -0.2) is 0 Å². The average Bonchev–Trinajstić information content (AvgIpc) is 2.57. The minimum Gasteiger partial charge on any atom is -0.508 e. The highest BCUT2D eigenvalue weighted by atomic mass is 16.5. The molecule has 5 heteroatoms. The number of carbonyl (C=O) groups is 1. The molecule has 2 aliphatic rings. The van der Waals surface area contributed by atoms with Crippen LogP contribution in [0.4, 0.5) is 0 Å². The molecule has 3 rings (SSSR count). The molecule has 0 aliphatic carbocycles. The number of ether oxygens (including phenoxy) is 1. The molecule has 0 saturated carbocycles. The van der Waals surface area contributed by atoms with Crippen LogP contribution in [0.25, 0.3) is 0 Å². The Hall–Kier alpha value is -1.59. The number of carbonyl (C=O) groups excluding carboxylic acids is 1. The van der Waals surface area contributed by atoms with Gasteiger partial charge in [0.25, 0.3) is 5.91 Å². The van der Waals surface area contributed by atoms with E-state index in [0.717, 1.165) is 32.7 Å². The summed E-state index contributed by atoms with van der Waals surface area (Å²) in [7, 11) is 0. The van der Waals surface area contributed by atoms with Crippen LogP contribution in [-0.2, 0) is 4.74 Å². The van der Waals surface area contributed by atoms with Gasteiger partial charge in [-0.2, -0.15) is 0 Å². The van der Waals surface area contributed by atoms with Crippen LogP contribution in [-0.4, -0.2) is 65.7 Å². The second-order valence-corrected chi connectivity index (χ2v) is 7.10. The molecule has 0 unspecified atom stereocenters. The summed E-state index contributed by atoms with van der Waals surface area (Å²) in [6, 6.07) is 6.55. The van der Waals surface area contributed by atoms with Crippen molar-refractivity contribution in [1.29, 1.82) is 0 Å². The van der Waals surface area contributed by atoms with Crippen LogP contribution < -0.4 is 0 Å². The van der Waals surface area contributed by atoms with Crippen LogP contribution in [0.5, 0.6) is 5.75 Å². The van der Waals surface area contributed by atoms with Gasteiger partial charge in [-0.15, -0.1) is 0 Å². The first-order valence-electron chi connectivity index (χ1n) is 9.00. The fourth-order valence-corrected chi connectivity index (χ4v) is 3.77. The van der Waals surface area contributed by atoms with Gasteiger partial charge < -0.3 is 19.6 Å². The highest BCUT2D eigenvalue weighted by Crippen LogP contribution is 2.37. The third-order valence-electron chi connectivity index (χ3n) is 5.38. The molecule has 1 N–H and O–H groups in total. The number of phenolic OH excluding ortho intramolecular Hbond substituents is 1. The first-order valence-corrected chi connectivity index (χ1v) is 9.00. The highest BCUT2D eigenvalue weighted by molar-refractivity contribution is 5.95. The number of likely N-dealkylation sites (tertiary alicyclic amines) is 1. The van der Waals surface area contributed by atoms with Gasteiger partial charge in [-0.3, -0.25) is 4.79 Å². The number of rotatable bonds is 5. The zero-order valence-electron chi connectivity index (χ0n) is 14.7. The maximum Gasteiger partial charge on any atom is 0.254 e. The van der Waals surface area contributed by atoms with Crippen molar-refractivity contribution in [2.45, 2.75) is 32.3 Å². The van der Waals surface area contributed by atoms with E-state index in [1.54, 1.807) is 18.2 Å². The van der Waals surface area contributed by atoms with Crippen LogP contribution in [0, 0.1) is 5.92 Å². The molecule has 132 valence electrons. The third-order valence-corrected chi connectivity index (χ3v) is 5.38. The second kappa shape index (κ2) is 7.11. The van der Waals surface area contributed by atoms with E-state index in [2.05, 4.69) is 18.7 Å². The number of nitrogens with zero attached hydrogens (tertiary/aromatic N) is 2. The average molecular weight is 332 g/mol. The van der Waals surface area contributed by atoms with Crippen molar-refractivity contribution in [2.24, 2.45) is 5.92 Å². The van der Waals surface area contributed by atoms with E-state index < -0.39 is 0 Å². The van der Waals surface area contributed by atoms with Gasteiger partial charge in [0.05, 0.1) is 19.7 Å². The Morgan fingerprint density at radius 2 is 2.12 bits per heavy atom.